The van der Waals surface area contributed by atoms with Gasteiger partial charge in [0.2, 0.25) is 0 Å². The summed E-state index contributed by atoms with van der Waals surface area (Å²) in [5.74, 6) is -0.887. The number of hydrogen-bond donors (Lipinski definition) is 0. The predicted octanol–water partition coefficient (Wildman–Crippen LogP) is 4.02. The van der Waals surface area contributed by atoms with Crippen molar-refractivity contribution in [3.63, 3.8) is 0 Å². The molecule has 1 saturated heterocycles. The van der Waals surface area contributed by atoms with E-state index >= 15 is 0 Å². The molecule has 0 atom stereocenters. The monoisotopic (exact) mass is 432 g/mol. The number of nitrogens with zero attached hydrogens (tertiary/aromatic N) is 2. The van der Waals surface area contributed by atoms with E-state index in [4.69, 9.17) is 4.74 Å². The minimum atomic E-state index is -0.368. The molecule has 2 aromatic carbocycles. The van der Waals surface area contributed by atoms with Crippen LogP contribution < -0.4 is 0 Å². The van der Waals surface area contributed by atoms with Crippen LogP contribution in [0.3, 0.4) is 0 Å². The van der Waals surface area contributed by atoms with Gasteiger partial charge in [0.15, 0.2) is 0 Å². The number of carbonyl (C=O) groups is 3. The van der Waals surface area contributed by atoms with Gasteiger partial charge in [-0.3, -0.25) is 14.5 Å². The maximum atomic E-state index is 13.4. The molecule has 2 aliphatic rings. The molecule has 6 heteroatoms. The van der Waals surface area contributed by atoms with E-state index in [0.29, 0.717) is 23.4 Å². The summed E-state index contributed by atoms with van der Waals surface area (Å²) in [6.45, 7) is 4.05. The maximum absolute atomic E-state index is 13.4. The highest BCUT2D eigenvalue weighted by molar-refractivity contribution is 6.35. The fourth-order valence-corrected chi connectivity index (χ4v) is 4.19. The normalized spacial score (nSPS) is 16.7. The minimum Gasteiger partial charge on any atom is -0.462 e. The molecular formula is C26H28N2O4. The van der Waals surface area contributed by atoms with Crippen LogP contribution in [-0.2, 0) is 20.9 Å². The van der Waals surface area contributed by atoms with Crippen LogP contribution >= 0.6 is 0 Å². The number of imide groups is 1. The average molecular weight is 433 g/mol. The molecule has 4 rings (SSSR count). The molecule has 2 aliphatic heterocycles. The first-order valence-corrected chi connectivity index (χ1v) is 11.3. The lowest BCUT2D eigenvalue weighted by atomic mass is 10.0. The number of esters is 1. The summed E-state index contributed by atoms with van der Waals surface area (Å²) < 4.78 is 5.16. The number of rotatable bonds is 7. The second-order valence-electron chi connectivity index (χ2n) is 8.17. The quantitative estimate of drug-likeness (QED) is 0.488. The van der Waals surface area contributed by atoms with Gasteiger partial charge in [-0.2, -0.15) is 0 Å². The molecule has 1 fully saturated rings. The van der Waals surface area contributed by atoms with Crippen molar-refractivity contribution in [1.29, 1.82) is 0 Å². The lowest BCUT2D eigenvalue weighted by Crippen LogP contribution is -2.36. The van der Waals surface area contributed by atoms with E-state index in [0.717, 1.165) is 49.9 Å². The van der Waals surface area contributed by atoms with E-state index in [1.165, 1.54) is 4.90 Å². The first kappa shape index (κ1) is 21.8. The first-order chi connectivity index (χ1) is 15.6. The fourth-order valence-electron chi connectivity index (χ4n) is 4.19. The van der Waals surface area contributed by atoms with E-state index in [2.05, 4.69) is 4.90 Å². The summed E-state index contributed by atoms with van der Waals surface area (Å²) in [5, 5.41) is 0. The zero-order valence-corrected chi connectivity index (χ0v) is 18.4. The highest BCUT2D eigenvalue weighted by atomic mass is 16.5. The number of ether oxygens (including phenoxy) is 1. The summed E-state index contributed by atoms with van der Waals surface area (Å²) >= 11 is 0. The molecule has 0 aliphatic carbocycles. The molecule has 0 unspecified atom stereocenters. The summed E-state index contributed by atoms with van der Waals surface area (Å²) in [7, 11) is 0. The Labute approximate surface area is 188 Å². The number of amides is 2. The Morgan fingerprint density at radius 1 is 0.906 bits per heavy atom. The van der Waals surface area contributed by atoms with Gasteiger partial charge in [-0.1, -0.05) is 49.4 Å². The van der Waals surface area contributed by atoms with E-state index in [1.54, 1.807) is 24.3 Å². The molecule has 166 valence electrons. The lowest BCUT2D eigenvalue weighted by Gasteiger charge is -2.29. The third-order valence-electron chi connectivity index (χ3n) is 5.85. The topological polar surface area (TPSA) is 66.9 Å². The molecule has 0 aromatic heterocycles. The molecule has 6 nitrogen and oxygen atoms in total. The molecule has 2 heterocycles. The van der Waals surface area contributed by atoms with Crippen molar-refractivity contribution in [3.8, 4) is 0 Å². The third kappa shape index (κ3) is 4.44. The molecule has 2 aromatic rings. The average Bonchev–Trinajstić information content (AvgIpc) is 3.09. The van der Waals surface area contributed by atoms with Crippen molar-refractivity contribution in [2.24, 2.45) is 0 Å². The highest BCUT2D eigenvalue weighted by Crippen LogP contribution is 2.33. The van der Waals surface area contributed by atoms with Crippen molar-refractivity contribution in [1.82, 2.24) is 9.80 Å². The Balaban J connectivity index is 1.58. The van der Waals surface area contributed by atoms with Gasteiger partial charge in [0.25, 0.3) is 11.8 Å². The van der Waals surface area contributed by atoms with Crippen molar-refractivity contribution >= 4 is 23.4 Å². The number of benzene rings is 2. The van der Waals surface area contributed by atoms with Crippen molar-refractivity contribution < 1.29 is 19.1 Å². The Hall–Kier alpha value is -3.41. The number of piperidine rings is 1. The zero-order valence-electron chi connectivity index (χ0n) is 18.4. The largest absolute Gasteiger partial charge is 0.462 e. The van der Waals surface area contributed by atoms with Crippen LogP contribution in [0.25, 0.3) is 5.57 Å². The van der Waals surface area contributed by atoms with E-state index in [1.807, 2.05) is 37.3 Å². The molecule has 0 saturated carbocycles. The van der Waals surface area contributed by atoms with Crippen LogP contribution in [0.2, 0.25) is 0 Å². The minimum absolute atomic E-state index is 0.162. The third-order valence-corrected chi connectivity index (χ3v) is 5.85. The van der Waals surface area contributed by atoms with Gasteiger partial charge in [0, 0.05) is 13.1 Å². The number of hydrogen-bond acceptors (Lipinski definition) is 5. The summed E-state index contributed by atoms with van der Waals surface area (Å²) in [5.41, 5.74) is 3.00. The molecule has 2 amide bonds. The molecule has 32 heavy (non-hydrogen) atoms. The molecule has 0 N–H and O–H groups in total. The molecule has 0 radical (unpaired) electrons. The van der Waals surface area contributed by atoms with E-state index in [-0.39, 0.29) is 24.3 Å². The van der Waals surface area contributed by atoms with Crippen molar-refractivity contribution in [2.75, 3.05) is 19.7 Å². The van der Waals surface area contributed by atoms with E-state index < -0.39 is 0 Å². The fraction of sp³-hybridized carbons (Fsp3) is 0.346. The summed E-state index contributed by atoms with van der Waals surface area (Å²) in [6, 6.07) is 16.3. The van der Waals surface area contributed by atoms with Crippen LogP contribution in [0.15, 0.2) is 60.3 Å². The Kier molecular flexibility index (Phi) is 6.69. The van der Waals surface area contributed by atoms with Crippen LogP contribution in [0, 0.1) is 0 Å². The number of likely N-dealkylation sites (tertiary alicyclic amines) is 1. The van der Waals surface area contributed by atoms with E-state index in [9.17, 15) is 14.4 Å². The Morgan fingerprint density at radius 2 is 1.59 bits per heavy atom. The van der Waals surface area contributed by atoms with Crippen molar-refractivity contribution in [3.05, 3.63) is 77.0 Å². The second-order valence-corrected chi connectivity index (χ2v) is 8.17. The van der Waals surface area contributed by atoms with Gasteiger partial charge < -0.3 is 9.64 Å². The van der Waals surface area contributed by atoms with Gasteiger partial charge >= 0.3 is 5.97 Å². The van der Waals surface area contributed by atoms with Gasteiger partial charge in [0.05, 0.1) is 24.3 Å². The van der Waals surface area contributed by atoms with Gasteiger partial charge in [-0.05, 0) is 48.9 Å². The Bertz CT molecular complexity index is 1020. The second kappa shape index (κ2) is 9.81. The molecular weight excluding hydrogens is 404 g/mol. The highest BCUT2D eigenvalue weighted by Gasteiger charge is 2.41. The molecule has 0 spiro atoms. The molecule has 0 bridgehead atoms. The maximum Gasteiger partial charge on any atom is 0.338 e. The SMILES string of the molecule is CCCOC(=O)c1ccc(CN2C(=O)C(c3ccccc3)=C(N3CCCCC3)C2=O)cc1. The van der Waals surface area contributed by atoms with Crippen molar-refractivity contribution in [2.45, 2.75) is 39.2 Å². The smallest absolute Gasteiger partial charge is 0.338 e. The predicted molar refractivity (Wildman–Crippen MR) is 121 cm³/mol. The lowest BCUT2D eigenvalue weighted by molar-refractivity contribution is -0.138. The first-order valence-electron chi connectivity index (χ1n) is 11.3. The standard InChI is InChI=1S/C26H28N2O4/c1-2-17-32-26(31)21-13-11-19(12-14-21)18-28-24(29)22(20-9-5-3-6-10-20)23(25(28)30)27-15-7-4-8-16-27/h3,5-6,9-14H,2,4,7-8,15-18H2,1H3. The van der Waals surface area contributed by atoms with Crippen LogP contribution in [0.5, 0.6) is 0 Å². The van der Waals surface area contributed by atoms with Gasteiger partial charge in [-0.15, -0.1) is 0 Å². The van der Waals surface area contributed by atoms with Crippen LogP contribution in [0.4, 0.5) is 0 Å². The summed E-state index contributed by atoms with van der Waals surface area (Å²) in [6.07, 6.45) is 3.94. The summed E-state index contributed by atoms with van der Waals surface area (Å²) in [4.78, 5) is 42.3. The zero-order chi connectivity index (χ0) is 22.5. The number of carbonyl (C=O) groups excluding carboxylic acids is 3. The van der Waals surface area contributed by atoms with Crippen LogP contribution in [-0.4, -0.2) is 47.3 Å². The van der Waals surface area contributed by atoms with Crippen LogP contribution in [0.1, 0.15) is 54.1 Å². The Morgan fingerprint density at radius 3 is 2.25 bits per heavy atom. The van der Waals surface area contributed by atoms with Gasteiger partial charge in [0.1, 0.15) is 5.70 Å². The van der Waals surface area contributed by atoms with Gasteiger partial charge in [-0.25, -0.2) is 4.79 Å².